The van der Waals surface area contributed by atoms with E-state index in [2.05, 4.69) is 23.4 Å². The Labute approximate surface area is 98.0 Å². The van der Waals surface area contributed by atoms with E-state index in [4.69, 9.17) is 5.73 Å². The van der Waals surface area contributed by atoms with Crippen molar-refractivity contribution >= 4 is 5.82 Å². The van der Waals surface area contributed by atoms with Crippen LogP contribution in [-0.4, -0.2) is 18.1 Å². The molecule has 16 heavy (non-hydrogen) atoms. The van der Waals surface area contributed by atoms with E-state index < -0.39 is 0 Å². The molecule has 2 N–H and O–H groups in total. The van der Waals surface area contributed by atoms with Crippen LogP contribution in [0.4, 0.5) is 5.82 Å². The Morgan fingerprint density at radius 3 is 2.75 bits per heavy atom. The molecule has 0 aromatic carbocycles. The maximum Gasteiger partial charge on any atom is 0.128 e. The molecule has 1 rings (SSSR count). The van der Waals surface area contributed by atoms with E-state index in [0.717, 1.165) is 30.9 Å². The van der Waals surface area contributed by atoms with Crippen LogP contribution in [-0.2, 0) is 0 Å². The maximum atomic E-state index is 5.79. The molecular formula is C13H21N3. The summed E-state index contributed by atoms with van der Waals surface area (Å²) in [6, 6.07) is 4.11. The standard InChI is InChI=1S/C13H21N3/c1-4-8-16(9-5-2)13-7-6-12(10-15-13)11(3)14/h4,6-7,10-11H,1,5,8-9,14H2,2-3H3/t11-/m0/s1. The SMILES string of the molecule is C=CCN(CCC)c1ccc([C@H](C)N)cn1. The molecule has 0 fully saturated rings. The largest absolute Gasteiger partial charge is 0.353 e. The molecule has 0 aliphatic heterocycles. The number of rotatable bonds is 6. The van der Waals surface area contributed by atoms with Gasteiger partial charge < -0.3 is 10.6 Å². The van der Waals surface area contributed by atoms with E-state index in [1.807, 2.05) is 31.3 Å². The van der Waals surface area contributed by atoms with Gasteiger partial charge in [0.25, 0.3) is 0 Å². The zero-order valence-corrected chi connectivity index (χ0v) is 10.2. The molecule has 88 valence electrons. The van der Waals surface area contributed by atoms with Gasteiger partial charge in [-0.05, 0) is 25.0 Å². The summed E-state index contributed by atoms with van der Waals surface area (Å²) in [6.45, 7) is 9.71. The van der Waals surface area contributed by atoms with E-state index in [1.54, 1.807) is 0 Å². The smallest absolute Gasteiger partial charge is 0.128 e. The van der Waals surface area contributed by atoms with Crippen molar-refractivity contribution in [3.8, 4) is 0 Å². The summed E-state index contributed by atoms with van der Waals surface area (Å²) >= 11 is 0. The highest BCUT2D eigenvalue weighted by Crippen LogP contribution is 2.14. The van der Waals surface area contributed by atoms with Crippen LogP contribution in [0.1, 0.15) is 31.9 Å². The average Bonchev–Trinajstić information content (AvgIpc) is 2.29. The summed E-state index contributed by atoms with van der Waals surface area (Å²) in [5, 5.41) is 0. The number of hydrogen-bond donors (Lipinski definition) is 1. The molecule has 1 aromatic heterocycles. The highest BCUT2D eigenvalue weighted by atomic mass is 15.2. The van der Waals surface area contributed by atoms with Crippen LogP contribution in [0.2, 0.25) is 0 Å². The minimum absolute atomic E-state index is 0.0422. The van der Waals surface area contributed by atoms with Gasteiger partial charge in [-0.25, -0.2) is 4.98 Å². The third-order valence-corrected chi connectivity index (χ3v) is 2.46. The molecule has 0 spiro atoms. The van der Waals surface area contributed by atoms with Gasteiger partial charge in [0.15, 0.2) is 0 Å². The second-order valence-electron chi connectivity index (χ2n) is 3.97. The first-order valence-corrected chi connectivity index (χ1v) is 5.76. The molecule has 0 aliphatic rings. The molecule has 1 atom stereocenters. The average molecular weight is 219 g/mol. The van der Waals surface area contributed by atoms with Crippen molar-refractivity contribution < 1.29 is 0 Å². The van der Waals surface area contributed by atoms with Gasteiger partial charge >= 0.3 is 0 Å². The summed E-state index contributed by atoms with van der Waals surface area (Å²) in [7, 11) is 0. The third kappa shape index (κ3) is 3.35. The Hall–Kier alpha value is -1.35. The zero-order chi connectivity index (χ0) is 12.0. The molecule has 0 unspecified atom stereocenters. The minimum Gasteiger partial charge on any atom is -0.353 e. The van der Waals surface area contributed by atoms with Crippen molar-refractivity contribution in [1.29, 1.82) is 0 Å². The van der Waals surface area contributed by atoms with Gasteiger partial charge in [0.1, 0.15) is 5.82 Å². The molecule has 0 radical (unpaired) electrons. The lowest BCUT2D eigenvalue weighted by Crippen LogP contribution is -2.25. The quantitative estimate of drug-likeness (QED) is 0.747. The summed E-state index contributed by atoms with van der Waals surface area (Å²) in [6.07, 6.45) is 4.85. The van der Waals surface area contributed by atoms with E-state index in [0.29, 0.717) is 0 Å². The van der Waals surface area contributed by atoms with Crippen molar-refractivity contribution in [1.82, 2.24) is 4.98 Å². The molecule has 3 nitrogen and oxygen atoms in total. The normalized spacial score (nSPS) is 12.2. The molecule has 3 heteroatoms. The predicted octanol–water partition coefficient (Wildman–Crippen LogP) is 2.50. The zero-order valence-electron chi connectivity index (χ0n) is 10.2. The second kappa shape index (κ2) is 6.28. The van der Waals surface area contributed by atoms with Crippen LogP contribution >= 0.6 is 0 Å². The van der Waals surface area contributed by atoms with Crippen molar-refractivity contribution in [2.75, 3.05) is 18.0 Å². The molecule has 0 aliphatic carbocycles. The molecule has 0 saturated heterocycles. The lowest BCUT2D eigenvalue weighted by molar-refractivity contribution is 0.787. The Balaban J connectivity index is 2.80. The van der Waals surface area contributed by atoms with Gasteiger partial charge in [-0.3, -0.25) is 0 Å². The van der Waals surface area contributed by atoms with Crippen LogP contribution in [0.25, 0.3) is 0 Å². The van der Waals surface area contributed by atoms with E-state index >= 15 is 0 Å². The van der Waals surface area contributed by atoms with E-state index in [-0.39, 0.29) is 6.04 Å². The summed E-state index contributed by atoms with van der Waals surface area (Å²) in [5.41, 5.74) is 6.86. The maximum absolute atomic E-state index is 5.79. The lowest BCUT2D eigenvalue weighted by atomic mass is 10.1. The predicted molar refractivity (Wildman–Crippen MR) is 69.5 cm³/mol. The van der Waals surface area contributed by atoms with Crippen LogP contribution in [0, 0.1) is 0 Å². The topological polar surface area (TPSA) is 42.1 Å². The van der Waals surface area contributed by atoms with Gasteiger partial charge in [-0.1, -0.05) is 19.1 Å². The van der Waals surface area contributed by atoms with Crippen molar-refractivity contribution in [2.24, 2.45) is 5.73 Å². The Bertz CT molecular complexity index is 316. The van der Waals surface area contributed by atoms with E-state index in [9.17, 15) is 0 Å². The highest BCUT2D eigenvalue weighted by molar-refractivity contribution is 5.40. The molecule has 1 heterocycles. The van der Waals surface area contributed by atoms with E-state index in [1.165, 1.54) is 0 Å². The Morgan fingerprint density at radius 1 is 1.56 bits per heavy atom. The minimum atomic E-state index is 0.0422. The number of pyridine rings is 1. The van der Waals surface area contributed by atoms with Crippen molar-refractivity contribution in [3.63, 3.8) is 0 Å². The van der Waals surface area contributed by atoms with Crippen LogP contribution in [0.3, 0.4) is 0 Å². The fraction of sp³-hybridized carbons (Fsp3) is 0.462. The van der Waals surface area contributed by atoms with Gasteiger partial charge in [-0.2, -0.15) is 0 Å². The summed E-state index contributed by atoms with van der Waals surface area (Å²) in [4.78, 5) is 6.64. The molecule has 0 amide bonds. The van der Waals surface area contributed by atoms with Gasteiger partial charge in [-0.15, -0.1) is 6.58 Å². The molecule has 0 bridgehead atoms. The Kier molecular flexibility index (Phi) is 4.99. The van der Waals surface area contributed by atoms with Gasteiger partial charge in [0, 0.05) is 25.3 Å². The number of anilines is 1. The number of nitrogens with zero attached hydrogens (tertiary/aromatic N) is 2. The molecule has 0 saturated carbocycles. The number of nitrogens with two attached hydrogens (primary N) is 1. The van der Waals surface area contributed by atoms with Gasteiger partial charge in [0.2, 0.25) is 0 Å². The van der Waals surface area contributed by atoms with Crippen molar-refractivity contribution in [3.05, 3.63) is 36.5 Å². The highest BCUT2D eigenvalue weighted by Gasteiger charge is 2.06. The summed E-state index contributed by atoms with van der Waals surface area (Å²) in [5.74, 6) is 0.992. The van der Waals surface area contributed by atoms with Crippen LogP contribution < -0.4 is 10.6 Å². The first kappa shape index (κ1) is 12.7. The van der Waals surface area contributed by atoms with Crippen LogP contribution in [0.5, 0.6) is 0 Å². The molecule has 1 aromatic rings. The van der Waals surface area contributed by atoms with Gasteiger partial charge in [0.05, 0.1) is 0 Å². The monoisotopic (exact) mass is 219 g/mol. The fourth-order valence-electron chi connectivity index (χ4n) is 1.58. The number of hydrogen-bond acceptors (Lipinski definition) is 3. The third-order valence-electron chi connectivity index (χ3n) is 2.46. The van der Waals surface area contributed by atoms with Crippen LogP contribution in [0.15, 0.2) is 31.0 Å². The second-order valence-corrected chi connectivity index (χ2v) is 3.97. The summed E-state index contributed by atoms with van der Waals surface area (Å²) < 4.78 is 0. The Morgan fingerprint density at radius 2 is 2.31 bits per heavy atom. The molecular weight excluding hydrogens is 198 g/mol. The van der Waals surface area contributed by atoms with Crippen molar-refractivity contribution in [2.45, 2.75) is 26.3 Å². The number of aromatic nitrogens is 1. The first-order chi connectivity index (χ1) is 7.69. The fourth-order valence-corrected chi connectivity index (χ4v) is 1.58. The lowest BCUT2D eigenvalue weighted by Gasteiger charge is -2.21. The first-order valence-electron chi connectivity index (χ1n) is 5.76.